The van der Waals surface area contributed by atoms with E-state index in [0.29, 0.717) is 5.56 Å². The van der Waals surface area contributed by atoms with Gasteiger partial charge in [-0.3, -0.25) is 4.79 Å². The summed E-state index contributed by atoms with van der Waals surface area (Å²) in [6.07, 6.45) is -4.41. The van der Waals surface area contributed by atoms with E-state index in [-0.39, 0.29) is 30.4 Å². The maximum atomic E-state index is 12.8. The molecule has 0 fully saturated rings. The molecule has 2 aromatic heterocycles. The van der Waals surface area contributed by atoms with Crippen molar-refractivity contribution in [3.8, 4) is 0 Å². The Kier molecular flexibility index (Phi) is 4.67. The number of rotatable bonds is 4. The number of halogens is 3. The molecule has 9 heteroatoms. The van der Waals surface area contributed by atoms with Crippen LogP contribution in [0.4, 0.5) is 13.2 Å². The molecule has 0 aliphatic carbocycles. The van der Waals surface area contributed by atoms with Crippen LogP contribution in [-0.2, 0) is 12.6 Å². The number of carbonyl (C=O) groups excluding carboxylic acids is 1. The van der Waals surface area contributed by atoms with Crippen LogP contribution in [0.15, 0.2) is 29.8 Å². The molecular weight excluding hydrogens is 353 g/mol. The lowest BCUT2D eigenvalue weighted by molar-refractivity contribution is -0.141. The summed E-state index contributed by atoms with van der Waals surface area (Å²) in [6, 6.07) is 6.12. The second-order valence-corrected chi connectivity index (χ2v) is 6.18. The van der Waals surface area contributed by atoms with Gasteiger partial charge < -0.3 is 5.32 Å². The van der Waals surface area contributed by atoms with Gasteiger partial charge in [0.1, 0.15) is 11.5 Å². The Morgan fingerprint density at radius 1 is 1.28 bits per heavy atom. The fourth-order valence-electron chi connectivity index (χ4n) is 2.34. The average molecular weight is 366 g/mol. The number of thiazole rings is 1. The summed E-state index contributed by atoms with van der Waals surface area (Å²) >= 11 is 1.36. The van der Waals surface area contributed by atoms with Gasteiger partial charge in [-0.25, -0.2) is 15.0 Å². The molecule has 3 aromatic rings. The van der Waals surface area contributed by atoms with Crippen LogP contribution in [0.5, 0.6) is 0 Å². The van der Waals surface area contributed by atoms with Gasteiger partial charge in [0.2, 0.25) is 0 Å². The molecule has 0 spiro atoms. The van der Waals surface area contributed by atoms with Crippen molar-refractivity contribution in [1.82, 2.24) is 20.3 Å². The molecule has 0 aliphatic heterocycles. The summed E-state index contributed by atoms with van der Waals surface area (Å²) in [6.45, 7) is 1.61. The summed E-state index contributed by atoms with van der Waals surface area (Å²) in [5.41, 5.74) is 2.13. The minimum absolute atomic E-state index is 0.0450. The zero-order valence-electron chi connectivity index (χ0n) is 13.1. The Balaban J connectivity index is 1.68. The number of alkyl halides is 3. The molecule has 0 unspecified atom stereocenters. The summed E-state index contributed by atoms with van der Waals surface area (Å²) in [5.74, 6) is -0.262. The van der Waals surface area contributed by atoms with Gasteiger partial charge >= 0.3 is 6.18 Å². The molecule has 130 valence electrons. The van der Waals surface area contributed by atoms with E-state index in [2.05, 4.69) is 20.3 Å². The molecule has 3 rings (SSSR count). The van der Waals surface area contributed by atoms with Crippen molar-refractivity contribution < 1.29 is 18.0 Å². The number of carbonyl (C=O) groups is 1. The quantitative estimate of drug-likeness (QED) is 0.769. The van der Waals surface area contributed by atoms with Crippen LogP contribution in [0.2, 0.25) is 0 Å². The minimum atomic E-state index is -4.52. The summed E-state index contributed by atoms with van der Waals surface area (Å²) < 4.78 is 39.1. The summed E-state index contributed by atoms with van der Waals surface area (Å²) in [7, 11) is 0. The maximum Gasteiger partial charge on any atom is 0.433 e. The van der Waals surface area contributed by atoms with Crippen molar-refractivity contribution in [3.63, 3.8) is 0 Å². The third kappa shape index (κ3) is 3.93. The molecule has 0 radical (unpaired) electrons. The van der Waals surface area contributed by atoms with Crippen LogP contribution in [-0.4, -0.2) is 27.4 Å². The number of nitrogens with zero attached hydrogens (tertiary/aromatic N) is 3. The van der Waals surface area contributed by atoms with Gasteiger partial charge in [-0.15, -0.1) is 11.3 Å². The molecule has 1 aromatic carbocycles. The highest BCUT2D eigenvalue weighted by molar-refractivity contribution is 7.17. The van der Waals surface area contributed by atoms with E-state index in [0.717, 1.165) is 16.3 Å². The Hall–Kier alpha value is -2.55. The second-order valence-electron chi connectivity index (χ2n) is 5.32. The van der Waals surface area contributed by atoms with Gasteiger partial charge in [0.15, 0.2) is 0 Å². The first kappa shape index (κ1) is 17.3. The minimum Gasteiger partial charge on any atom is -0.352 e. The van der Waals surface area contributed by atoms with Gasteiger partial charge in [-0.2, -0.15) is 13.2 Å². The Bertz CT molecular complexity index is 923. The molecule has 0 bridgehead atoms. The van der Waals surface area contributed by atoms with Crippen molar-refractivity contribution in [1.29, 1.82) is 0 Å². The Labute approximate surface area is 145 Å². The highest BCUT2D eigenvalue weighted by atomic mass is 32.1. The van der Waals surface area contributed by atoms with Crippen molar-refractivity contribution in [2.75, 3.05) is 6.54 Å². The number of hydrogen-bond donors (Lipinski definition) is 1. The van der Waals surface area contributed by atoms with Crippen molar-refractivity contribution in [2.45, 2.75) is 19.5 Å². The SMILES string of the molecule is Cc1cc(C(F)(F)F)nc(CCNC(=O)c2cccc3ncsc23)n1. The zero-order valence-corrected chi connectivity index (χ0v) is 13.9. The van der Waals surface area contributed by atoms with Crippen LogP contribution in [0.1, 0.15) is 27.6 Å². The van der Waals surface area contributed by atoms with Crippen molar-refractivity contribution >= 4 is 27.5 Å². The zero-order chi connectivity index (χ0) is 18.0. The number of aryl methyl sites for hydroxylation is 1. The molecule has 0 atom stereocenters. The molecule has 25 heavy (non-hydrogen) atoms. The second kappa shape index (κ2) is 6.75. The van der Waals surface area contributed by atoms with Gasteiger partial charge in [-0.05, 0) is 25.1 Å². The highest BCUT2D eigenvalue weighted by Gasteiger charge is 2.33. The predicted octanol–water partition coefficient (Wildman–Crippen LogP) is 3.39. The highest BCUT2D eigenvalue weighted by Crippen LogP contribution is 2.27. The fraction of sp³-hybridized carbons (Fsp3) is 0.250. The van der Waals surface area contributed by atoms with E-state index < -0.39 is 11.9 Å². The molecule has 5 nitrogen and oxygen atoms in total. The van der Waals surface area contributed by atoms with Crippen LogP contribution >= 0.6 is 11.3 Å². The average Bonchev–Trinajstić information content (AvgIpc) is 3.02. The topological polar surface area (TPSA) is 67.8 Å². The van der Waals surface area contributed by atoms with E-state index in [1.54, 1.807) is 17.6 Å². The van der Waals surface area contributed by atoms with Crippen molar-refractivity contribution in [2.24, 2.45) is 0 Å². The Morgan fingerprint density at radius 3 is 2.84 bits per heavy atom. The van der Waals surface area contributed by atoms with E-state index in [1.807, 2.05) is 6.07 Å². The van der Waals surface area contributed by atoms with Gasteiger partial charge in [0.25, 0.3) is 5.91 Å². The lowest BCUT2D eigenvalue weighted by atomic mass is 10.2. The standard InChI is InChI=1S/C16H13F3N4OS/c1-9-7-12(16(17,18)19)23-13(22-9)5-6-20-15(24)10-3-2-4-11-14(10)25-8-21-11/h2-4,7-8H,5-6H2,1H3,(H,20,24). The number of aromatic nitrogens is 3. The first-order valence-corrected chi connectivity index (χ1v) is 8.25. The van der Waals surface area contributed by atoms with E-state index in [4.69, 9.17) is 0 Å². The Morgan fingerprint density at radius 2 is 2.08 bits per heavy atom. The monoisotopic (exact) mass is 366 g/mol. The first-order valence-electron chi connectivity index (χ1n) is 7.37. The van der Waals surface area contributed by atoms with Crippen LogP contribution in [0.25, 0.3) is 10.2 Å². The predicted molar refractivity (Wildman–Crippen MR) is 87.4 cm³/mol. The number of nitrogens with one attached hydrogen (secondary N) is 1. The molecular formula is C16H13F3N4OS. The molecule has 0 saturated heterocycles. The smallest absolute Gasteiger partial charge is 0.352 e. The largest absolute Gasteiger partial charge is 0.433 e. The molecule has 0 saturated carbocycles. The van der Waals surface area contributed by atoms with Gasteiger partial charge in [0, 0.05) is 18.7 Å². The molecule has 2 heterocycles. The lowest BCUT2D eigenvalue weighted by Gasteiger charge is -2.09. The first-order chi connectivity index (χ1) is 11.8. The van der Waals surface area contributed by atoms with E-state index >= 15 is 0 Å². The maximum absolute atomic E-state index is 12.8. The van der Waals surface area contributed by atoms with E-state index in [1.165, 1.54) is 18.3 Å². The summed E-state index contributed by atoms with van der Waals surface area (Å²) in [5, 5.41) is 2.69. The summed E-state index contributed by atoms with van der Waals surface area (Å²) in [4.78, 5) is 23.9. The molecule has 1 N–H and O–H groups in total. The lowest BCUT2D eigenvalue weighted by Crippen LogP contribution is -2.26. The van der Waals surface area contributed by atoms with Gasteiger partial charge in [-0.1, -0.05) is 6.07 Å². The van der Waals surface area contributed by atoms with E-state index in [9.17, 15) is 18.0 Å². The fourth-order valence-corrected chi connectivity index (χ4v) is 3.14. The number of fused-ring (bicyclic) bond motifs is 1. The van der Waals surface area contributed by atoms with Crippen LogP contribution in [0.3, 0.4) is 0 Å². The van der Waals surface area contributed by atoms with Crippen LogP contribution < -0.4 is 5.32 Å². The normalized spacial score (nSPS) is 11.7. The van der Waals surface area contributed by atoms with Crippen LogP contribution in [0, 0.1) is 6.92 Å². The number of hydrogen-bond acceptors (Lipinski definition) is 5. The molecule has 1 amide bonds. The van der Waals surface area contributed by atoms with Gasteiger partial charge in [0.05, 0.1) is 21.3 Å². The third-order valence-corrected chi connectivity index (χ3v) is 4.30. The third-order valence-electron chi connectivity index (χ3n) is 3.43. The number of amides is 1. The van der Waals surface area contributed by atoms with Crippen molar-refractivity contribution in [3.05, 3.63) is 52.6 Å². The molecule has 0 aliphatic rings. The number of benzene rings is 1.